The van der Waals surface area contributed by atoms with E-state index in [1.54, 1.807) is 6.07 Å². The predicted octanol–water partition coefficient (Wildman–Crippen LogP) is 3.78. The third-order valence-corrected chi connectivity index (χ3v) is 5.59. The number of halogens is 1. The zero-order valence-corrected chi connectivity index (χ0v) is 16.2. The van der Waals surface area contributed by atoms with E-state index >= 15 is 0 Å². The molecule has 2 aromatic rings. The smallest absolute Gasteiger partial charge is 0.238 e. The van der Waals surface area contributed by atoms with Gasteiger partial charge in [-0.05, 0) is 46.9 Å². The maximum atomic E-state index is 12.6. The molecule has 1 amide bonds. The van der Waals surface area contributed by atoms with Gasteiger partial charge in [-0.3, -0.25) is 9.69 Å². The third-order valence-electron chi connectivity index (χ3n) is 4.93. The first-order chi connectivity index (χ1) is 12.6. The van der Waals surface area contributed by atoms with Gasteiger partial charge in [0.05, 0.1) is 12.2 Å². The van der Waals surface area contributed by atoms with Crippen LogP contribution in [0.15, 0.2) is 40.9 Å². The molecule has 2 aromatic carbocycles. The number of fused-ring (bicyclic) bond motifs is 2. The van der Waals surface area contributed by atoms with Gasteiger partial charge in [0.25, 0.3) is 0 Å². The molecule has 1 aliphatic heterocycles. The number of benzene rings is 2. The first-order valence-corrected chi connectivity index (χ1v) is 9.58. The highest BCUT2D eigenvalue weighted by atomic mass is 79.9. The van der Waals surface area contributed by atoms with Gasteiger partial charge in [0.15, 0.2) is 11.5 Å². The minimum atomic E-state index is -0.0470. The van der Waals surface area contributed by atoms with E-state index in [1.165, 1.54) is 11.1 Å². The van der Waals surface area contributed by atoms with E-state index < -0.39 is 0 Å². The maximum absolute atomic E-state index is 12.6. The Morgan fingerprint density at radius 3 is 2.77 bits per heavy atom. The molecule has 0 radical (unpaired) electrons. The van der Waals surface area contributed by atoms with Crippen LogP contribution in [0.25, 0.3) is 0 Å². The van der Waals surface area contributed by atoms with Crippen LogP contribution in [0, 0.1) is 0 Å². The van der Waals surface area contributed by atoms with Crippen LogP contribution in [0.1, 0.15) is 23.6 Å². The molecule has 1 heterocycles. The Morgan fingerprint density at radius 1 is 1.23 bits per heavy atom. The number of likely N-dealkylation sites (N-methyl/N-ethyl adjacent to an activating group) is 1. The summed E-state index contributed by atoms with van der Waals surface area (Å²) >= 11 is 3.49. The quantitative estimate of drug-likeness (QED) is 0.823. The molecule has 26 heavy (non-hydrogen) atoms. The minimum Gasteiger partial charge on any atom is -0.486 e. The lowest BCUT2D eigenvalue weighted by Gasteiger charge is -2.25. The van der Waals surface area contributed by atoms with Crippen LogP contribution < -0.4 is 14.8 Å². The van der Waals surface area contributed by atoms with Crippen molar-refractivity contribution in [3.05, 3.63) is 52.0 Å². The predicted molar refractivity (Wildman–Crippen MR) is 104 cm³/mol. The number of anilines is 1. The molecule has 0 bridgehead atoms. The summed E-state index contributed by atoms with van der Waals surface area (Å²) in [5, 5.41) is 2.98. The maximum Gasteiger partial charge on any atom is 0.238 e. The lowest BCUT2D eigenvalue weighted by atomic mass is 10.1. The lowest BCUT2D eigenvalue weighted by Crippen LogP contribution is -2.32. The van der Waals surface area contributed by atoms with Crippen molar-refractivity contribution in [2.24, 2.45) is 0 Å². The van der Waals surface area contributed by atoms with Crippen molar-refractivity contribution in [1.82, 2.24) is 4.90 Å². The molecule has 0 unspecified atom stereocenters. The van der Waals surface area contributed by atoms with E-state index in [0.717, 1.165) is 17.3 Å². The Hall–Kier alpha value is -2.05. The standard InChI is InChI=1S/C20H21BrN2O3/c1-23(17-7-6-13-4-2-3-5-14(13)17)12-20(24)22-16-11-19-18(10-15(16)21)25-8-9-26-19/h2-5,10-11,17H,6-9,12H2,1H3,(H,22,24)/t17-/m0/s1. The van der Waals surface area contributed by atoms with Gasteiger partial charge in [0.2, 0.25) is 5.91 Å². The number of nitrogens with one attached hydrogen (secondary N) is 1. The number of nitrogens with zero attached hydrogens (tertiary/aromatic N) is 1. The average Bonchev–Trinajstić information content (AvgIpc) is 3.06. The molecule has 1 atom stereocenters. The zero-order chi connectivity index (χ0) is 18.1. The Bertz CT molecular complexity index is 840. The summed E-state index contributed by atoms with van der Waals surface area (Å²) < 4.78 is 11.9. The molecule has 0 saturated carbocycles. The van der Waals surface area contributed by atoms with Crippen molar-refractivity contribution in [3.8, 4) is 11.5 Å². The second kappa shape index (κ2) is 7.29. The highest BCUT2D eigenvalue weighted by Crippen LogP contribution is 2.38. The van der Waals surface area contributed by atoms with Gasteiger partial charge >= 0.3 is 0 Å². The lowest BCUT2D eigenvalue weighted by molar-refractivity contribution is -0.117. The number of hydrogen-bond donors (Lipinski definition) is 1. The van der Waals surface area contributed by atoms with E-state index in [1.807, 2.05) is 13.1 Å². The topological polar surface area (TPSA) is 50.8 Å². The summed E-state index contributed by atoms with van der Waals surface area (Å²) in [5.41, 5.74) is 3.42. The molecule has 5 nitrogen and oxygen atoms in total. The SMILES string of the molecule is CN(CC(=O)Nc1cc2c(cc1Br)OCCO2)[C@H]1CCc2ccccc21. The first-order valence-electron chi connectivity index (χ1n) is 8.79. The van der Waals surface area contributed by atoms with Crippen LogP contribution in [0.5, 0.6) is 11.5 Å². The summed E-state index contributed by atoms with van der Waals surface area (Å²) in [6.45, 7) is 1.39. The molecule has 4 rings (SSSR count). The summed E-state index contributed by atoms with van der Waals surface area (Å²) in [6, 6.07) is 12.4. The third kappa shape index (κ3) is 3.44. The zero-order valence-electron chi connectivity index (χ0n) is 14.6. The van der Waals surface area contributed by atoms with Crippen LogP contribution in [-0.4, -0.2) is 37.6 Å². The highest BCUT2D eigenvalue weighted by Gasteiger charge is 2.26. The fourth-order valence-electron chi connectivity index (χ4n) is 3.68. The highest BCUT2D eigenvalue weighted by molar-refractivity contribution is 9.10. The average molecular weight is 417 g/mol. The number of carbonyl (C=O) groups excluding carboxylic acids is 1. The van der Waals surface area contributed by atoms with Gasteiger partial charge in [0.1, 0.15) is 13.2 Å². The van der Waals surface area contributed by atoms with Crippen LogP contribution in [0.2, 0.25) is 0 Å². The number of amides is 1. The van der Waals surface area contributed by atoms with Crippen molar-refractivity contribution in [3.63, 3.8) is 0 Å². The summed E-state index contributed by atoms with van der Waals surface area (Å²) in [5.74, 6) is 1.31. The van der Waals surface area contributed by atoms with Crippen molar-refractivity contribution < 1.29 is 14.3 Å². The Kier molecular flexibility index (Phi) is 4.87. The molecule has 136 valence electrons. The first kappa shape index (κ1) is 17.4. The minimum absolute atomic E-state index is 0.0470. The molecule has 0 saturated heterocycles. The van der Waals surface area contributed by atoms with Gasteiger partial charge in [-0.2, -0.15) is 0 Å². The Balaban J connectivity index is 1.43. The molecule has 2 aliphatic rings. The van der Waals surface area contributed by atoms with Crippen molar-refractivity contribution >= 4 is 27.5 Å². The van der Waals surface area contributed by atoms with E-state index in [-0.39, 0.29) is 5.91 Å². The number of rotatable bonds is 4. The van der Waals surface area contributed by atoms with Gasteiger partial charge < -0.3 is 14.8 Å². The number of aryl methyl sites for hydroxylation is 1. The van der Waals surface area contributed by atoms with Crippen LogP contribution >= 0.6 is 15.9 Å². The van der Waals surface area contributed by atoms with Crippen LogP contribution in [0.3, 0.4) is 0 Å². The second-order valence-electron chi connectivity index (χ2n) is 6.69. The van der Waals surface area contributed by atoms with Gasteiger partial charge in [-0.1, -0.05) is 24.3 Å². The largest absolute Gasteiger partial charge is 0.486 e. The molecule has 0 fully saturated rings. The normalized spacial score (nSPS) is 17.9. The Morgan fingerprint density at radius 2 is 1.96 bits per heavy atom. The molecular weight excluding hydrogens is 396 g/mol. The number of carbonyl (C=O) groups is 1. The van der Waals surface area contributed by atoms with E-state index in [2.05, 4.69) is 50.4 Å². The summed E-state index contributed by atoms with van der Waals surface area (Å²) in [4.78, 5) is 14.7. The summed E-state index contributed by atoms with van der Waals surface area (Å²) in [7, 11) is 2.01. The van der Waals surface area contributed by atoms with Crippen LogP contribution in [0.4, 0.5) is 5.69 Å². The van der Waals surface area contributed by atoms with Gasteiger partial charge in [0, 0.05) is 22.6 Å². The Labute approximate surface area is 161 Å². The van der Waals surface area contributed by atoms with Gasteiger partial charge in [-0.15, -0.1) is 0 Å². The monoisotopic (exact) mass is 416 g/mol. The molecule has 0 aromatic heterocycles. The van der Waals surface area contributed by atoms with E-state index in [0.29, 0.717) is 43.0 Å². The summed E-state index contributed by atoms with van der Waals surface area (Å²) in [6.07, 6.45) is 2.12. The number of hydrogen-bond acceptors (Lipinski definition) is 4. The molecular formula is C20H21BrN2O3. The second-order valence-corrected chi connectivity index (χ2v) is 7.55. The van der Waals surface area contributed by atoms with E-state index in [4.69, 9.17) is 9.47 Å². The van der Waals surface area contributed by atoms with Crippen LogP contribution in [-0.2, 0) is 11.2 Å². The number of ether oxygens (including phenoxy) is 2. The van der Waals surface area contributed by atoms with Gasteiger partial charge in [-0.25, -0.2) is 0 Å². The van der Waals surface area contributed by atoms with Crippen molar-refractivity contribution in [2.75, 3.05) is 32.1 Å². The van der Waals surface area contributed by atoms with Crippen molar-refractivity contribution in [2.45, 2.75) is 18.9 Å². The molecule has 1 N–H and O–H groups in total. The fourth-order valence-corrected chi connectivity index (χ4v) is 4.10. The molecule has 0 spiro atoms. The fraction of sp³-hybridized carbons (Fsp3) is 0.350. The molecule has 6 heteroatoms. The molecule has 1 aliphatic carbocycles. The van der Waals surface area contributed by atoms with E-state index in [9.17, 15) is 4.79 Å². The van der Waals surface area contributed by atoms with Crippen molar-refractivity contribution in [1.29, 1.82) is 0 Å².